The lowest BCUT2D eigenvalue weighted by Gasteiger charge is -2.17. The quantitative estimate of drug-likeness (QED) is 0.325. The summed E-state index contributed by atoms with van der Waals surface area (Å²) in [6.45, 7) is 4.40. The summed E-state index contributed by atoms with van der Waals surface area (Å²) < 4.78 is 12.4. The number of methoxy groups -OCH3 is 1. The average molecular weight is 500 g/mol. The summed E-state index contributed by atoms with van der Waals surface area (Å²) >= 11 is 1.21. The Balaban J connectivity index is 1.66. The normalized spacial score (nSPS) is 11.5. The molecule has 0 unspecified atom stereocenters. The van der Waals surface area contributed by atoms with Crippen LogP contribution in [-0.2, 0) is 11.3 Å². The Hall–Kier alpha value is -3.57. The standard InChI is InChI=1S/C24H29N5O5S/c1-4-29-22(19(14-30)26-23(32)16-10-12-17(33-3)13-11-16)27-28-24(29)35-15-21(31)25-18-8-6-7-9-20(18)34-5-2/h6-13,19,30H,4-5,14-15H2,1-3H3,(H,25,31)(H,26,32)/t19-/m1/s1. The van der Waals surface area contributed by atoms with Crippen LogP contribution in [0.5, 0.6) is 11.5 Å². The molecular formula is C24H29N5O5S. The molecule has 3 N–H and O–H groups in total. The van der Waals surface area contributed by atoms with Crippen LogP contribution in [0.2, 0.25) is 0 Å². The van der Waals surface area contributed by atoms with Gasteiger partial charge >= 0.3 is 0 Å². The van der Waals surface area contributed by atoms with Gasteiger partial charge in [0.1, 0.15) is 17.5 Å². The molecule has 11 heteroatoms. The van der Waals surface area contributed by atoms with Gasteiger partial charge in [0.15, 0.2) is 11.0 Å². The number of aliphatic hydroxyl groups excluding tert-OH is 1. The van der Waals surface area contributed by atoms with Gasteiger partial charge in [-0.05, 0) is 50.2 Å². The van der Waals surface area contributed by atoms with Gasteiger partial charge in [-0.3, -0.25) is 9.59 Å². The van der Waals surface area contributed by atoms with Crippen molar-refractivity contribution in [2.75, 3.05) is 31.4 Å². The molecule has 1 heterocycles. The maximum Gasteiger partial charge on any atom is 0.251 e. The van der Waals surface area contributed by atoms with E-state index in [1.165, 1.54) is 11.8 Å². The first-order valence-electron chi connectivity index (χ1n) is 11.1. The van der Waals surface area contributed by atoms with Crippen LogP contribution in [0.3, 0.4) is 0 Å². The molecule has 1 aromatic heterocycles. The Morgan fingerprint density at radius 2 is 1.86 bits per heavy atom. The molecule has 2 aromatic carbocycles. The van der Waals surface area contributed by atoms with E-state index in [0.717, 1.165) is 0 Å². The van der Waals surface area contributed by atoms with Crippen molar-refractivity contribution >= 4 is 29.3 Å². The summed E-state index contributed by atoms with van der Waals surface area (Å²) in [5.74, 6) is 1.16. The number of amides is 2. The van der Waals surface area contributed by atoms with Gasteiger partial charge in [0.2, 0.25) is 5.91 Å². The van der Waals surface area contributed by atoms with Crippen LogP contribution in [0, 0.1) is 0 Å². The van der Waals surface area contributed by atoms with E-state index >= 15 is 0 Å². The highest BCUT2D eigenvalue weighted by atomic mass is 32.2. The van der Waals surface area contributed by atoms with Gasteiger partial charge in [-0.15, -0.1) is 10.2 Å². The summed E-state index contributed by atoms with van der Waals surface area (Å²) in [5, 5.41) is 24.4. The van der Waals surface area contributed by atoms with E-state index in [9.17, 15) is 14.7 Å². The Morgan fingerprint density at radius 3 is 2.51 bits per heavy atom. The number of ether oxygens (including phenoxy) is 2. The molecule has 0 radical (unpaired) electrons. The van der Waals surface area contributed by atoms with Crippen molar-refractivity contribution < 1.29 is 24.2 Å². The number of carbonyl (C=O) groups is 2. The van der Waals surface area contributed by atoms with Gasteiger partial charge in [-0.2, -0.15) is 0 Å². The van der Waals surface area contributed by atoms with Gasteiger partial charge in [0.05, 0.1) is 31.8 Å². The lowest BCUT2D eigenvalue weighted by Crippen LogP contribution is -2.32. The number of carbonyl (C=O) groups excluding carboxylic acids is 2. The number of anilines is 1. The molecule has 2 amide bonds. The van der Waals surface area contributed by atoms with Crippen molar-refractivity contribution in [1.29, 1.82) is 0 Å². The maximum absolute atomic E-state index is 12.7. The molecule has 0 bridgehead atoms. The first kappa shape index (κ1) is 26.0. The molecule has 0 fully saturated rings. The van der Waals surface area contributed by atoms with E-state index in [0.29, 0.717) is 46.9 Å². The van der Waals surface area contributed by atoms with Gasteiger partial charge in [-0.1, -0.05) is 23.9 Å². The first-order valence-corrected chi connectivity index (χ1v) is 12.1. The fourth-order valence-corrected chi connectivity index (χ4v) is 4.11. The zero-order valence-electron chi connectivity index (χ0n) is 19.9. The fourth-order valence-electron chi connectivity index (χ4n) is 3.31. The molecule has 1 atom stereocenters. The summed E-state index contributed by atoms with van der Waals surface area (Å²) in [5.41, 5.74) is 1.02. The van der Waals surface area contributed by atoms with E-state index in [4.69, 9.17) is 9.47 Å². The molecule has 35 heavy (non-hydrogen) atoms. The summed E-state index contributed by atoms with van der Waals surface area (Å²) in [7, 11) is 1.55. The maximum atomic E-state index is 12.7. The lowest BCUT2D eigenvalue weighted by molar-refractivity contribution is -0.113. The largest absolute Gasteiger partial charge is 0.497 e. The average Bonchev–Trinajstić information content (AvgIpc) is 3.30. The van der Waals surface area contributed by atoms with Crippen molar-refractivity contribution in [1.82, 2.24) is 20.1 Å². The third kappa shape index (κ3) is 6.74. The van der Waals surface area contributed by atoms with Crippen LogP contribution in [-0.4, -0.2) is 57.8 Å². The van der Waals surface area contributed by atoms with Gasteiger partial charge in [0.25, 0.3) is 5.91 Å². The van der Waals surface area contributed by atoms with Gasteiger partial charge in [-0.25, -0.2) is 0 Å². The molecular weight excluding hydrogens is 470 g/mol. The first-order chi connectivity index (χ1) is 17.0. The number of nitrogens with one attached hydrogen (secondary N) is 2. The summed E-state index contributed by atoms with van der Waals surface area (Å²) in [6.07, 6.45) is 0. The predicted octanol–water partition coefficient (Wildman–Crippen LogP) is 2.90. The van der Waals surface area contributed by atoms with Crippen LogP contribution >= 0.6 is 11.8 Å². The highest BCUT2D eigenvalue weighted by molar-refractivity contribution is 7.99. The molecule has 186 valence electrons. The minimum Gasteiger partial charge on any atom is -0.497 e. The Bertz CT molecular complexity index is 1140. The minimum atomic E-state index is -0.765. The smallest absolute Gasteiger partial charge is 0.251 e. The number of benzene rings is 2. The SMILES string of the molecule is CCOc1ccccc1NC(=O)CSc1nnc([C@@H](CO)NC(=O)c2ccc(OC)cc2)n1CC. The number of hydrogen-bond donors (Lipinski definition) is 3. The van der Waals surface area contributed by atoms with Crippen molar-refractivity contribution in [2.45, 2.75) is 31.6 Å². The molecule has 3 rings (SSSR count). The number of aromatic nitrogens is 3. The number of thioether (sulfide) groups is 1. The molecule has 10 nitrogen and oxygen atoms in total. The third-order valence-electron chi connectivity index (χ3n) is 5.01. The highest BCUT2D eigenvalue weighted by Crippen LogP contribution is 2.25. The minimum absolute atomic E-state index is 0.0978. The van der Waals surface area contributed by atoms with Crippen LogP contribution in [0.25, 0.3) is 0 Å². The Labute approximate surface area is 208 Å². The predicted molar refractivity (Wildman–Crippen MR) is 133 cm³/mol. The number of aliphatic hydroxyl groups is 1. The highest BCUT2D eigenvalue weighted by Gasteiger charge is 2.23. The zero-order chi connectivity index (χ0) is 25.2. The molecule has 0 saturated heterocycles. The Morgan fingerprint density at radius 1 is 1.11 bits per heavy atom. The zero-order valence-corrected chi connectivity index (χ0v) is 20.7. The molecule has 0 aliphatic carbocycles. The van der Waals surface area contributed by atoms with E-state index in [1.54, 1.807) is 48.1 Å². The monoisotopic (exact) mass is 499 g/mol. The van der Waals surface area contributed by atoms with Gasteiger partial charge in [0, 0.05) is 12.1 Å². The third-order valence-corrected chi connectivity index (χ3v) is 5.97. The number of para-hydroxylation sites is 2. The van der Waals surface area contributed by atoms with E-state index < -0.39 is 6.04 Å². The second-order valence-corrected chi connectivity index (χ2v) is 8.23. The molecule has 3 aromatic rings. The van der Waals surface area contributed by atoms with E-state index in [2.05, 4.69) is 20.8 Å². The second kappa shape index (κ2) is 12.8. The van der Waals surface area contributed by atoms with Crippen molar-refractivity contribution in [3.8, 4) is 11.5 Å². The van der Waals surface area contributed by atoms with Crippen molar-refractivity contribution in [3.05, 3.63) is 59.9 Å². The van der Waals surface area contributed by atoms with E-state index in [1.807, 2.05) is 26.0 Å². The number of nitrogens with zero attached hydrogens (tertiary/aromatic N) is 3. The summed E-state index contributed by atoms with van der Waals surface area (Å²) in [4.78, 5) is 25.2. The molecule has 0 spiro atoms. The topological polar surface area (TPSA) is 128 Å². The molecule has 0 aliphatic rings. The summed E-state index contributed by atoms with van der Waals surface area (Å²) in [6, 6.07) is 13.1. The van der Waals surface area contributed by atoms with E-state index in [-0.39, 0.29) is 24.2 Å². The lowest BCUT2D eigenvalue weighted by atomic mass is 10.2. The van der Waals surface area contributed by atoms with Crippen LogP contribution in [0.1, 0.15) is 36.1 Å². The van der Waals surface area contributed by atoms with Crippen molar-refractivity contribution in [3.63, 3.8) is 0 Å². The van der Waals surface area contributed by atoms with Crippen molar-refractivity contribution in [2.24, 2.45) is 0 Å². The fraction of sp³-hybridized carbons (Fsp3) is 0.333. The van der Waals surface area contributed by atoms with Gasteiger partial charge < -0.3 is 29.8 Å². The molecule has 0 saturated carbocycles. The second-order valence-electron chi connectivity index (χ2n) is 7.29. The van der Waals surface area contributed by atoms with Crippen LogP contribution in [0.15, 0.2) is 53.7 Å². The molecule has 0 aliphatic heterocycles. The number of rotatable bonds is 12. The van der Waals surface area contributed by atoms with Crippen LogP contribution < -0.4 is 20.1 Å². The van der Waals surface area contributed by atoms with Crippen LogP contribution in [0.4, 0.5) is 5.69 Å². The Kier molecular flexibility index (Phi) is 9.50. The number of hydrogen-bond acceptors (Lipinski definition) is 8.